The Morgan fingerprint density at radius 3 is 2.68 bits per heavy atom. The molecule has 0 bridgehead atoms. The van der Waals surface area contributed by atoms with Crippen LogP contribution in [0.25, 0.3) is 0 Å². The Kier molecular flexibility index (Phi) is 5.72. The van der Waals surface area contributed by atoms with Gasteiger partial charge in [-0.1, -0.05) is 37.6 Å². The van der Waals surface area contributed by atoms with Crippen LogP contribution >= 0.6 is 11.6 Å². The Labute approximate surface area is 167 Å². The number of alkyl halides is 2. The van der Waals surface area contributed by atoms with E-state index in [1.807, 2.05) is 0 Å². The lowest BCUT2D eigenvalue weighted by atomic mass is 9.80. The molecular formula is C19H24ClF2N5O. The first-order chi connectivity index (χ1) is 13.1. The SMILES string of the molecule is Cn1nnc(COc2ccc(Cl)c3c2C(CN)=N[C@H](C(C)(C)C)C3)c1C(F)F. The second kappa shape index (κ2) is 7.75. The van der Waals surface area contributed by atoms with Crippen LogP contribution in [0.1, 0.15) is 49.7 Å². The standard InChI is InChI=1S/C19H24ClF2N5O/c1-19(2,3)15-7-10-11(20)5-6-14(16(10)12(8-23)24-15)28-9-13-17(18(21)22)27(4)26-25-13/h5-6,15,18H,7-9,23H2,1-4H3/t15-/m0/s1. The van der Waals surface area contributed by atoms with E-state index in [0.717, 1.165) is 15.8 Å². The van der Waals surface area contributed by atoms with Gasteiger partial charge in [-0.25, -0.2) is 13.5 Å². The minimum Gasteiger partial charge on any atom is -0.486 e. The molecule has 6 nitrogen and oxygen atoms in total. The van der Waals surface area contributed by atoms with Gasteiger partial charge in [0.2, 0.25) is 0 Å². The van der Waals surface area contributed by atoms with Crippen molar-refractivity contribution in [2.45, 2.75) is 46.3 Å². The molecule has 1 atom stereocenters. The maximum atomic E-state index is 13.2. The predicted octanol–water partition coefficient (Wildman–Crippen LogP) is 3.70. The Morgan fingerprint density at radius 2 is 2.07 bits per heavy atom. The smallest absolute Gasteiger partial charge is 0.282 e. The molecule has 152 valence electrons. The van der Waals surface area contributed by atoms with Crippen LogP contribution < -0.4 is 10.5 Å². The molecular weight excluding hydrogens is 388 g/mol. The number of hydrogen-bond donors (Lipinski definition) is 1. The van der Waals surface area contributed by atoms with E-state index >= 15 is 0 Å². The van der Waals surface area contributed by atoms with Crippen molar-refractivity contribution in [1.82, 2.24) is 15.0 Å². The van der Waals surface area contributed by atoms with Crippen molar-refractivity contribution >= 4 is 17.3 Å². The van der Waals surface area contributed by atoms with Crippen molar-refractivity contribution in [2.75, 3.05) is 6.54 Å². The van der Waals surface area contributed by atoms with Crippen molar-refractivity contribution in [2.24, 2.45) is 23.2 Å². The summed E-state index contributed by atoms with van der Waals surface area (Å²) in [6.07, 6.45) is -2.03. The highest BCUT2D eigenvalue weighted by Gasteiger charge is 2.32. The van der Waals surface area contributed by atoms with Crippen molar-refractivity contribution in [3.05, 3.63) is 39.7 Å². The van der Waals surface area contributed by atoms with E-state index < -0.39 is 6.43 Å². The number of aliphatic imine (C=N–C) groups is 1. The molecule has 28 heavy (non-hydrogen) atoms. The van der Waals surface area contributed by atoms with E-state index in [1.165, 1.54) is 7.05 Å². The summed E-state index contributed by atoms with van der Waals surface area (Å²) in [4.78, 5) is 4.82. The highest BCUT2D eigenvalue weighted by atomic mass is 35.5. The highest BCUT2D eigenvalue weighted by Crippen LogP contribution is 2.38. The maximum absolute atomic E-state index is 13.2. The number of halogens is 3. The Hall–Kier alpha value is -2.06. The molecule has 1 aliphatic heterocycles. The molecule has 1 aromatic heterocycles. The average molecular weight is 412 g/mol. The molecule has 0 radical (unpaired) electrons. The first-order valence-corrected chi connectivity index (χ1v) is 9.39. The van der Waals surface area contributed by atoms with Gasteiger partial charge < -0.3 is 10.5 Å². The zero-order chi connectivity index (χ0) is 20.6. The van der Waals surface area contributed by atoms with Crippen LogP contribution in [0.4, 0.5) is 8.78 Å². The van der Waals surface area contributed by atoms with Gasteiger partial charge in [0.1, 0.15) is 23.7 Å². The molecule has 0 unspecified atom stereocenters. The van der Waals surface area contributed by atoms with Crippen LogP contribution in [-0.4, -0.2) is 33.3 Å². The van der Waals surface area contributed by atoms with Gasteiger partial charge in [0, 0.05) is 24.2 Å². The summed E-state index contributed by atoms with van der Waals surface area (Å²) in [7, 11) is 1.42. The van der Waals surface area contributed by atoms with Crippen LogP contribution in [0, 0.1) is 5.41 Å². The number of nitrogens with two attached hydrogens (primary N) is 1. The van der Waals surface area contributed by atoms with Gasteiger partial charge in [-0.3, -0.25) is 4.99 Å². The van der Waals surface area contributed by atoms with E-state index in [4.69, 9.17) is 27.1 Å². The Morgan fingerprint density at radius 1 is 1.36 bits per heavy atom. The number of fused-ring (bicyclic) bond motifs is 1. The van der Waals surface area contributed by atoms with E-state index in [0.29, 0.717) is 22.9 Å². The fourth-order valence-electron chi connectivity index (χ4n) is 3.31. The largest absolute Gasteiger partial charge is 0.486 e. The number of aromatic nitrogens is 3. The van der Waals surface area contributed by atoms with Gasteiger partial charge in [0.05, 0.1) is 11.8 Å². The van der Waals surface area contributed by atoms with Gasteiger partial charge in [0.15, 0.2) is 0 Å². The summed E-state index contributed by atoms with van der Waals surface area (Å²) in [6.45, 7) is 6.45. The molecule has 2 aromatic rings. The number of aryl methyl sites for hydroxylation is 1. The van der Waals surface area contributed by atoms with Crippen LogP contribution in [0.5, 0.6) is 5.75 Å². The lowest BCUT2D eigenvalue weighted by molar-refractivity contribution is 0.137. The predicted molar refractivity (Wildman–Crippen MR) is 104 cm³/mol. The number of benzene rings is 1. The second-order valence-corrected chi connectivity index (χ2v) is 8.31. The molecule has 2 N–H and O–H groups in total. The van der Waals surface area contributed by atoms with Crippen LogP contribution in [0.3, 0.4) is 0 Å². The first kappa shape index (κ1) is 20.7. The fourth-order valence-corrected chi connectivity index (χ4v) is 3.54. The van der Waals surface area contributed by atoms with Gasteiger partial charge in [-0.2, -0.15) is 0 Å². The number of hydrogen-bond acceptors (Lipinski definition) is 5. The molecule has 0 saturated carbocycles. The normalized spacial score (nSPS) is 16.9. The fraction of sp³-hybridized carbons (Fsp3) is 0.526. The molecule has 0 fully saturated rings. The van der Waals surface area contributed by atoms with E-state index in [-0.39, 0.29) is 36.0 Å². The molecule has 2 heterocycles. The zero-order valence-corrected chi connectivity index (χ0v) is 17.1. The third-order valence-corrected chi connectivity index (χ3v) is 5.28. The van der Waals surface area contributed by atoms with E-state index in [9.17, 15) is 8.78 Å². The number of nitrogens with zero attached hydrogens (tertiary/aromatic N) is 4. The molecule has 3 rings (SSSR count). The molecule has 0 saturated heterocycles. The molecule has 0 aliphatic carbocycles. The lowest BCUT2D eigenvalue weighted by Crippen LogP contribution is -2.34. The van der Waals surface area contributed by atoms with Crippen LogP contribution in [-0.2, 0) is 20.1 Å². The third kappa shape index (κ3) is 3.89. The highest BCUT2D eigenvalue weighted by molar-refractivity contribution is 6.32. The second-order valence-electron chi connectivity index (χ2n) is 7.90. The molecule has 9 heteroatoms. The van der Waals surface area contributed by atoms with Crippen molar-refractivity contribution < 1.29 is 13.5 Å². The average Bonchev–Trinajstić information content (AvgIpc) is 3.00. The molecule has 1 aliphatic rings. The summed E-state index contributed by atoms with van der Waals surface area (Å²) >= 11 is 6.46. The summed E-state index contributed by atoms with van der Waals surface area (Å²) in [5.41, 5.74) is 8.11. The van der Waals surface area contributed by atoms with Gasteiger partial charge in [0.25, 0.3) is 6.43 Å². The summed E-state index contributed by atoms with van der Waals surface area (Å²) in [5.74, 6) is 0.502. The Balaban J connectivity index is 1.96. The summed E-state index contributed by atoms with van der Waals surface area (Å²) in [5, 5.41) is 8.07. The van der Waals surface area contributed by atoms with Crippen LogP contribution in [0.15, 0.2) is 17.1 Å². The summed E-state index contributed by atoms with van der Waals surface area (Å²) in [6, 6.07) is 3.50. The third-order valence-electron chi connectivity index (χ3n) is 4.92. The minimum absolute atomic E-state index is 0.0386. The zero-order valence-electron chi connectivity index (χ0n) is 16.3. The summed E-state index contributed by atoms with van der Waals surface area (Å²) < 4.78 is 33.4. The molecule has 0 spiro atoms. The minimum atomic E-state index is -2.69. The topological polar surface area (TPSA) is 78.3 Å². The number of rotatable bonds is 5. The quantitative estimate of drug-likeness (QED) is 0.813. The first-order valence-electron chi connectivity index (χ1n) is 9.01. The van der Waals surface area contributed by atoms with E-state index in [2.05, 4.69) is 31.1 Å². The van der Waals surface area contributed by atoms with E-state index in [1.54, 1.807) is 12.1 Å². The molecule has 0 amide bonds. The number of ether oxygens (including phenoxy) is 1. The Bertz CT molecular complexity index is 904. The van der Waals surface area contributed by atoms with Crippen molar-refractivity contribution in [1.29, 1.82) is 0 Å². The van der Waals surface area contributed by atoms with Crippen molar-refractivity contribution in [3.63, 3.8) is 0 Å². The maximum Gasteiger partial charge on any atom is 0.282 e. The van der Waals surface area contributed by atoms with Crippen LogP contribution in [0.2, 0.25) is 5.02 Å². The van der Waals surface area contributed by atoms with Gasteiger partial charge in [-0.05, 0) is 29.5 Å². The van der Waals surface area contributed by atoms with Gasteiger partial charge >= 0.3 is 0 Å². The van der Waals surface area contributed by atoms with Crippen molar-refractivity contribution in [3.8, 4) is 5.75 Å². The lowest BCUT2D eigenvalue weighted by Gasteiger charge is -2.33. The van der Waals surface area contributed by atoms with Gasteiger partial charge in [-0.15, -0.1) is 5.10 Å². The monoisotopic (exact) mass is 411 g/mol. The molecule has 1 aromatic carbocycles.